The molecule has 1 saturated heterocycles. The number of halogens is 1. The summed E-state index contributed by atoms with van der Waals surface area (Å²) in [5, 5.41) is 5.55. The van der Waals surface area contributed by atoms with E-state index in [-0.39, 0.29) is 5.91 Å². The van der Waals surface area contributed by atoms with Gasteiger partial charge in [-0.15, -0.1) is 11.3 Å². The van der Waals surface area contributed by atoms with E-state index in [4.69, 9.17) is 16.6 Å². The first-order chi connectivity index (χ1) is 13.7. The highest BCUT2D eigenvalue weighted by Gasteiger charge is 2.17. The van der Waals surface area contributed by atoms with Gasteiger partial charge in [0.1, 0.15) is 5.69 Å². The molecule has 0 saturated carbocycles. The predicted molar refractivity (Wildman–Crippen MR) is 109 cm³/mol. The van der Waals surface area contributed by atoms with Gasteiger partial charge in [0.15, 0.2) is 4.80 Å². The van der Waals surface area contributed by atoms with Crippen LogP contribution in [0.2, 0.25) is 5.02 Å². The largest absolute Gasteiger partial charge is 0.354 e. The lowest BCUT2D eigenvalue weighted by Gasteiger charge is -2.26. The number of nitrogens with one attached hydrogen (secondary N) is 1. The molecule has 3 heterocycles. The molecule has 0 atom stereocenters. The number of carbonyl (C=O) groups excluding carboxylic acids is 1. The minimum Gasteiger partial charge on any atom is -0.354 e. The number of rotatable bonds is 5. The summed E-state index contributed by atoms with van der Waals surface area (Å²) in [7, 11) is 0. The molecular weight excluding hydrogens is 396 g/mol. The summed E-state index contributed by atoms with van der Waals surface area (Å²) in [6.07, 6.45) is 5.08. The number of hydrogen-bond acceptors (Lipinski definition) is 6. The molecular formula is C19H19ClN6OS. The monoisotopic (exact) mass is 414 g/mol. The second kappa shape index (κ2) is 8.64. The molecule has 2 aromatic heterocycles. The smallest absolute Gasteiger partial charge is 0.234 e. The van der Waals surface area contributed by atoms with Gasteiger partial charge in [-0.2, -0.15) is 0 Å². The highest BCUT2D eigenvalue weighted by molar-refractivity contribution is 7.07. The highest BCUT2D eigenvalue weighted by atomic mass is 35.5. The molecule has 0 radical (unpaired) electrons. The van der Waals surface area contributed by atoms with Crippen molar-refractivity contribution in [2.24, 2.45) is 4.99 Å². The van der Waals surface area contributed by atoms with Crippen molar-refractivity contribution in [3.05, 3.63) is 58.1 Å². The molecule has 1 aromatic carbocycles. The van der Waals surface area contributed by atoms with Gasteiger partial charge in [0, 0.05) is 49.0 Å². The van der Waals surface area contributed by atoms with E-state index >= 15 is 0 Å². The molecule has 1 aliphatic heterocycles. The molecule has 0 aliphatic carbocycles. The van der Waals surface area contributed by atoms with Crippen LogP contribution in [0, 0.1) is 0 Å². The zero-order valence-electron chi connectivity index (χ0n) is 15.1. The molecule has 1 aliphatic rings. The number of amides is 1. The summed E-state index contributed by atoms with van der Waals surface area (Å²) in [6.45, 7) is 3.40. The Labute approximate surface area is 171 Å². The van der Waals surface area contributed by atoms with Gasteiger partial charge >= 0.3 is 0 Å². The van der Waals surface area contributed by atoms with E-state index in [1.165, 1.54) is 0 Å². The number of thiazole rings is 1. The van der Waals surface area contributed by atoms with Crippen LogP contribution in [-0.2, 0) is 11.3 Å². The molecule has 0 bridgehead atoms. The Hall–Kier alpha value is -2.55. The zero-order valence-corrected chi connectivity index (χ0v) is 16.7. The third-order valence-electron chi connectivity index (χ3n) is 4.41. The van der Waals surface area contributed by atoms with Gasteiger partial charge in [-0.05, 0) is 18.2 Å². The van der Waals surface area contributed by atoms with Crippen molar-refractivity contribution in [1.82, 2.24) is 24.8 Å². The lowest BCUT2D eigenvalue weighted by Crippen LogP contribution is -2.48. The summed E-state index contributed by atoms with van der Waals surface area (Å²) in [5.74, 6) is 0.0690. The molecule has 0 unspecified atom stereocenters. The molecule has 9 heteroatoms. The minimum atomic E-state index is 0.0690. The zero-order chi connectivity index (χ0) is 19.3. The normalized spacial score (nSPS) is 15.6. The van der Waals surface area contributed by atoms with Crippen LogP contribution in [0.1, 0.15) is 0 Å². The molecule has 0 spiro atoms. The van der Waals surface area contributed by atoms with Crippen LogP contribution in [0.15, 0.2) is 53.2 Å². The van der Waals surface area contributed by atoms with Crippen molar-refractivity contribution in [2.75, 3.05) is 26.2 Å². The molecule has 7 nitrogen and oxygen atoms in total. The fraction of sp³-hybridized carbons (Fsp3) is 0.263. The summed E-state index contributed by atoms with van der Waals surface area (Å²) >= 11 is 7.65. The van der Waals surface area contributed by atoms with Crippen LogP contribution in [0.5, 0.6) is 0 Å². The van der Waals surface area contributed by atoms with Crippen LogP contribution in [0.25, 0.3) is 11.4 Å². The number of hydrogen-bond donors (Lipinski definition) is 1. The van der Waals surface area contributed by atoms with E-state index in [9.17, 15) is 4.79 Å². The van der Waals surface area contributed by atoms with Gasteiger partial charge in [-0.25, -0.2) is 4.99 Å². The lowest BCUT2D eigenvalue weighted by atomic mass is 10.3. The average Bonchev–Trinajstić information content (AvgIpc) is 3.09. The van der Waals surface area contributed by atoms with Crippen LogP contribution < -0.4 is 10.1 Å². The Morgan fingerprint density at radius 2 is 2.21 bits per heavy atom. The Morgan fingerprint density at radius 3 is 3.00 bits per heavy atom. The molecule has 144 valence electrons. The van der Waals surface area contributed by atoms with Crippen molar-refractivity contribution in [3.8, 4) is 11.4 Å². The summed E-state index contributed by atoms with van der Waals surface area (Å²) in [5.41, 5.74) is 2.55. The van der Waals surface area contributed by atoms with Crippen molar-refractivity contribution in [1.29, 1.82) is 0 Å². The van der Waals surface area contributed by atoms with E-state index < -0.39 is 0 Å². The maximum absolute atomic E-state index is 11.7. The molecule has 3 aromatic rings. The molecule has 1 amide bonds. The quantitative estimate of drug-likeness (QED) is 0.695. The number of carbonyl (C=O) groups is 1. The molecule has 1 fully saturated rings. The van der Waals surface area contributed by atoms with Crippen LogP contribution >= 0.6 is 22.9 Å². The first-order valence-electron chi connectivity index (χ1n) is 8.93. The van der Waals surface area contributed by atoms with E-state index in [1.54, 1.807) is 29.9 Å². The van der Waals surface area contributed by atoms with Crippen molar-refractivity contribution < 1.29 is 4.79 Å². The van der Waals surface area contributed by atoms with E-state index in [0.717, 1.165) is 35.0 Å². The van der Waals surface area contributed by atoms with Gasteiger partial charge in [0.25, 0.3) is 0 Å². The Morgan fingerprint density at radius 1 is 1.29 bits per heavy atom. The predicted octanol–water partition coefficient (Wildman–Crippen LogP) is 2.32. The second-order valence-corrected chi connectivity index (χ2v) is 7.64. The van der Waals surface area contributed by atoms with E-state index in [0.29, 0.717) is 24.7 Å². The minimum absolute atomic E-state index is 0.0690. The third kappa shape index (κ3) is 4.46. The standard InChI is InChI=1S/C19H19ClN6OS/c20-14-2-1-3-15(10-14)24-19-26(9-8-25-7-6-23-18(27)12-25)17(13-28-19)16-11-21-4-5-22-16/h1-5,10-11,13H,6-9,12H2,(H,23,27). The van der Waals surface area contributed by atoms with Gasteiger partial charge < -0.3 is 9.88 Å². The number of nitrogens with zero attached hydrogens (tertiary/aromatic N) is 5. The van der Waals surface area contributed by atoms with Crippen LogP contribution in [0.3, 0.4) is 0 Å². The van der Waals surface area contributed by atoms with Gasteiger partial charge in [0.2, 0.25) is 5.91 Å². The third-order valence-corrected chi connectivity index (χ3v) is 5.51. The fourth-order valence-electron chi connectivity index (χ4n) is 3.05. The van der Waals surface area contributed by atoms with E-state index in [1.807, 2.05) is 29.6 Å². The molecule has 1 N–H and O–H groups in total. The SMILES string of the molecule is O=C1CN(CCn2c(-c3cnccn3)csc2=Nc2cccc(Cl)c2)CCN1. The maximum atomic E-state index is 11.7. The number of piperazine rings is 1. The Bertz CT molecular complexity index is 1030. The molecule has 4 rings (SSSR count). The summed E-state index contributed by atoms with van der Waals surface area (Å²) < 4.78 is 2.13. The first kappa shape index (κ1) is 18.8. The number of benzene rings is 1. The topological polar surface area (TPSA) is 75.4 Å². The Balaban J connectivity index is 1.68. The van der Waals surface area contributed by atoms with Crippen molar-refractivity contribution in [3.63, 3.8) is 0 Å². The van der Waals surface area contributed by atoms with Crippen molar-refractivity contribution in [2.45, 2.75) is 6.54 Å². The van der Waals surface area contributed by atoms with Gasteiger partial charge in [-0.3, -0.25) is 19.7 Å². The average molecular weight is 415 g/mol. The van der Waals surface area contributed by atoms with E-state index in [2.05, 4.69) is 24.8 Å². The van der Waals surface area contributed by atoms with Gasteiger partial charge in [-0.1, -0.05) is 17.7 Å². The fourth-order valence-corrected chi connectivity index (χ4v) is 4.18. The van der Waals surface area contributed by atoms with Crippen LogP contribution in [-0.4, -0.2) is 51.5 Å². The first-order valence-corrected chi connectivity index (χ1v) is 10.2. The van der Waals surface area contributed by atoms with Crippen molar-refractivity contribution >= 4 is 34.5 Å². The maximum Gasteiger partial charge on any atom is 0.234 e. The summed E-state index contributed by atoms with van der Waals surface area (Å²) in [6, 6.07) is 7.47. The van der Waals surface area contributed by atoms with Crippen LogP contribution in [0.4, 0.5) is 5.69 Å². The molecule has 28 heavy (non-hydrogen) atoms. The summed E-state index contributed by atoms with van der Waals surface area (Å²) in [4.78, 5) is 28.0. The second-order valence-electron chi connectivity index (χ2n) is 6.36. The lowest BCUT2D eigenvalue weighted by molar-refractivity contribution is -0.124. The number of aromatic nitrogens is 3. The highest BCUT2D eigenvalue weighted by Crippen LogP contribution is 2.20. The Kier molecular flexibility index (Phi) is 5.80. The van der Waals surface area contributed by atoms with Gasteiger partial charge in [0.05, 0.1) is 24.1 Å².